The second kappa shape index (κ2) is 2.63. The zero-order valence-electron chi connectivity index (χ0n) is 7.46. The summed E-state index contributed by atoms with van der Waals surface area (Å²) >= 11 is 0. The van der Waals surface area contributed by atoms with Crippen LogP contribution in [-0.4, -0.2) is 0 Å². The molecular formula is C12H12. The topological polar surface area (TPSA) is 0 Å². The smallest absolute Gasteiger partial charge is 0.0152 e. The van der Waals surface area contributed by atoms with E-state index in [1.165, 1.54) is 22.3 Å². The van der Waals surface area contributed by atoms with E-state index in [4.69, 9.17) is 0 Å². The highest BCUT2D eigenvalue weighted by Gasteiger charge is 2.06. The number of rotatable bonds is 0. The first-order chi connectivity index (χ1) is 5.79. The van der Waals surface area contributed by atoms with Crippen LogP contribution in [0.5, 0.6) is 0 Å². The molecule has 0 spiro atoms. The lowest BCUT2D eigenvalue weighted by Gasteiger charge is -1.92. The first kappa shape index (κ1) is 7.35. The quantitative estimate of drug-likeness (QED) is 0.548. The lowest BCUT2D eigenvalue weighted by Crippen LogP contribution is -1.70. The molecule has 0 radical (unpaired) electrons. The third-order valence-electron chi connectivity index (χ3n) is 2.44. The van der Waals surface area contributed by atoms with Crippen LogP contribution in [0, 0.1) is 13.8 Å². The summed E-state index contributed by atoms with van der Waals surface area (Å²) in [5.41, 5.74) is 5.50. The van der Waals surface area contributed by atoms with Crippen molar-refractivity contribution in [2.75, 3.05) is 0 Å². The van der Waals surface area contributed by atoms with E-state index in [0.29, 0.717) is 0 Å². The van der Waals surface area contributed by atoms with Gasteiger partial charge >= 0.3 is 0 Å². The van der Waals surface area contributed by atoms with E-state index < -0.39 is 0 Å². The van der Waals surface area contributed by atoms with Crippen LogP contribution in [-0.2, 0) is 0 Å². The lowest BCUT2D eigenvalue weighted by molar-refractivity contribution is 1.41. The monoisotopic (exact) mass is 156 g/mol. The van der Waals surface area contributed by atoms with E-state index in [0.717, 1.165) is 0 Å². The molecule has 2 aliphatic rings. The summed E-state index contributed by atoms with van der Waals surface area (Å²) in [5, 5.41) is 0. The van der Waals surface area contributed by atoms with Crippen molar-refractivity contribution in [1.29, 1.82) is 0 Å². The van der Waals surface area contributed by atoms with Crippen LogP contribution < -0.4 is 0 Å². The van der Waals surface area contributed by atoms with Crippen LogP contribution >= 0.6 is 0 Å². The summed E-state index contributed by atoms with van der Waals surface area (Å²) in [6.45, 7) is 4.34. The normalized spacial score (nSPS) is 10.5. The van der Waals surface area contributed by atoms with Crippen molar-refractivity contribution in [3.8, 4) is 11.1 Å². The summed E-state index contributed by atoms with van der Waals surface area (Å²) in [5.74, 6) is 0. The Morgan fingerprint density at radius 3 is 2.50 bits per heavy atom. The molecule has 0 heterocycles. The highest BCUT2D eigenvalue weighted by Crippen LogP contribution is 2.29. The molecule has 2 aliphatic carbocycles. The summed E-state index contributed by atoms with van der Waals surface area (Å²) in [6, 6.07) is 12.8. The van der Waals surface area contributed by atoms with Crippen LogP contribution in [0.15, 0.2) is 36.4 Å². The minimum atomic E-state index is 1.34. The van der Waals surface area contributed by atoms with Gasteiger partial charge < -0.3 is 0 Å². The van der Waals surface area contributed by atoms with Crippen molar-refractivity contribution in [3.63, 3.8) is 0 Å². The predicted octanol–water partition coefficient (Wildman–Crippen LogP) is 3.41. The molecule has 2 rings (SSSR count). The second-order valence-electron chi connectivity index (χ2n) is 3.23. The average Bonchev–Trinajstić information content (AvgIpc) is 2.30. The van der Waals surface area contributed by atoms with Crippen molar-refractivity contribution in [3.05, 3.63) is 47.5 Å². The molecule has 0 aromatic heterocycles. The van der Waals surface area contributed by atoms with Gasteiger partial charge in [0.15, 0.2) is 0 Å². The average molecular weight is 156 g/mol. The van der Waals surface area contributed by atoms with E-state index in [-0.39, 0.29) is 0 Å². The molecule has 0 aromatic carbocycles. The number of hydrogen-bond donors (Lipinski definition) is 0. The minimum Gasteiger partial charge on any atom is -0.0622 e. The molecule has 0 aromatic rings. The summed E-state index contributed by atoms with van der Waals surface area (Å²) in [4.78, 5) is 0. The molecule has 60 valence electrons. The Morgan fingerprint density at radius 2 is 1.67 bits per heavy atom. The van der Waals surface area contributed by atoms with Crippen LogP contribution in [0.4, 0.5) is 0 Å². The Balaban J connectivity index is 2.79. The van der Waals surface area contributed by atoms with Crippen molar-refractivity contribution in [1.82, 2.24) is 0 Å². The Bertz CT molecular complexity index is 374. The molecule has 12 heavy (non-hydrogen) atoms. The van der Waals surface area contributed by atoms with Crippen molar-refractivity contribution in [2.45, 2.75) is 13.8 Å². The Morgan fingerprint density at radius 1 is 0.917 bits per heavy atom. The predicted molar refractivity (Wildman–Crippen MR) is 52.5 cm³/mol. The van der Waals surface area contributed by atoms with Gasteiger partial charge in [-0.2, -0.15) is 0 Å². The fourth-order valence-electron chi connectivity index (χ4n) is 1.58. The maximum Gasteiger partial charge on any atom is -0.0152 e. The first-order valence-electron chi connectivity index (χ1n) is 4.24. The van der Waals surface area contributed by atoms with Gasteiger partial charge in [0.05, 0.1) is 0 Å². The van der Waals surface area contributed by atoms with Gasteiger partial charge in [-0.05, 0) is 36.1 Å². The van der Waals surface area contributed by atoms with Gasteiger partial charge in [0, 0.05) is 0 Å². The molecule has 0 nitrogen and oxygen atoms in total. The minimum absolute atomic E-state index is 1.34. The van der Waals surface area contributed by atoms with Gasteiger partial charge in [-0.3, -0.25) is 0 Å². The Hall–Kier alpha value is -1.30. The number of hydrogen-bond acceptors (Lipinski definition) is 0. The van der Waals surface area contributed by atoms with E-state index >= 15 is 0 Å². The molecule has 0 unspecified atom stereocenters. The summed E-state index contributed by atoms with van der Waals surface area (Å²) < 4.78 is 0. The third kappa shape index (κ3) is 1.00. The molecule has 0 N–H and O–H groups in total. The number of fused-ring (bicyclic) bond motifs is 1. The fraction of sp³-hybridized carbons (Fsp3) is 0.167. The van der Waals surface area contributed by atoms with Crippen molar-refractivity contribution in [2.24, 2.45) is 0 Å². The Labute approximate surface area is 73.2 Å². The maximum atomic E-state index is 2.24. The van der Waals surface area contributed by atoms with Gasteiger partial charge in [0.25, 0.3) is 0 Å². The van der Waals surface area contributed by atoms with Gasteiger partial charge in [-0.1, -0.05) is 36.4 Å². The highest BCUT2D eigenvalue weighted by molar-refractivity contribution is 5.72. The first-order valence-corrected chi connectivity index (χ1v) is 4.24. The highest BCUT2D eigenvalue weighted by atomic mass is 14.1. The molecule has 0 fully saturated rings. The van der Waals surface area contributed by atoms with Crippen LogP contribution in [0.25, 0.3) is 11.1 Å². The molecule has 0 amide bonds. The largest absolute Gasteiger partial charge is 0.0622 e. The molecule has 0 heteroatoms. The van der Waals surface area contributed by atoms with E-state index in [1.54, 1.807) is 0 Å². The van der Waals surface area contributed by atoms with Gasteiger partial charge in [0.2, 0.25) is 0 Å². The molecule has 0 bridgehead atoms. The van der Waals surface area contributed by atoms with Crippen LogP contribution in [0.1, 0.15) is 11.1 Å². The second-order valence-corrected chi connectivity index (χ2v) is 3.23. The molecule has 0 atom stereocenters. The lowest BCUT2D eigenvalue weighted by atomic mass is 10.1. The van der Waals surface area contributed by atoms with Gasteiger partial charge in [-0.25, -0.2) is 0 Å². The molecule has 0 saturated carbocycles. The standard InChI is InChI=1S/C12H12/c1-9-8-11-6-4-3-5-7-12(11)10(9)2/h3-8H,1-2H3. The van der Waals surface area contributed by atoms with Crippen LogP contribution in [0.2, 0.25) is 0 Å². The van der Waals surface area contributed by atoms with Crippen LogP contribution in [0.3, 0.4) is 0 Å². The SMILES string of the molecule is Cc1cc2cccccc-2c1C. The van der Waals surface area contributed by atoms with Gasteiger partial charge in [0.1, 0.15) is 0 Å². The maximum absolute atomic E-state index is 2.24. The summed E-state index contributed by atoms with van der Waals surface area (Å²) in [7, 11) is 0. The molecular weight excluding hydrogens is 144 g/mol. The summed E-state index contributed by atoms with van der Waals surface area (Å²) in [6.07, 6.45) is 0. The zero-order valence-corrected chi connectivity index (χ0v) is 7.46. The third-order valence-corrected chi connectivity index (χ3v) is 2.44. The number of aryl methyl sites for hydroxylation is 1. The fourth-order valence-corrected chi connectivity index (χ4v) is 1.58. The zero-order chi connectivity index (χ0) is 8.55. The van der Waals surface area contributed by atoms with Crippen molar-refractivity contribution >= 4 is 0 Å². The molecule has 0 aliphatic heterocycles. The van der Waals surface area contributed by atoms with E-state index in [9.17, 15) is 0 Å². The molecule has 0 saturated heterocycles. The van der Waals surface area contributed by atoms with E-state index in [2.05, 4.69) is 50.2 Å². The Kier molecular flexibility index (Phi) is 1.61. The van der Waals surface area contributed by atoms with E-state index in [1.807, 2.05) is 0 Å². The van der Waals surface area contributed by atoms with Gasteiger partial charge in [-0.15, -0.1) is 0 Å². The van der Waals surface area contributed by atoms with Crippen molar-refractivity contribution < 1.29 is 0 Å².